The molecule has 2 aliphatic rings. The zero-order valence-corrected chi connectivity index (χ0v) is 37.5. The summed E-state index contributed by atoms with van der Waals surface area (Å²) in [4.78, 5) is 118. The molecule has 2 aromatic carbocycles. The number of ether oxygens (including phenoxy) is 1. The van der Waals surface area contributed by atoms with Gasteiger partial charge in [0.1, 0.15) is 41.1 Å². The molecule has 19 nitrogen and oxygen atoms in total. The zero-order chi connectivity index (χ0) is 46.1. The van der Waals surface area contributed by atoms with E-state index in [4.69, 9.17) is 4.74 Å². The Labute approximate surface area is 392 Å². The molecule has 2 aromatic heterocycles. The number of hydrogen-bond donors (Lipinski definition) is 6. The number of benzene rings is 2. The first-order chi connectivity index (χ1) is 30.5. The number of aromatic nitrogens is 2. The summed E-state index contributed by atoms with van der Waals surface area (Å²) in [6.45, 7) is 3.69. The second kappa shape index (κ2) is 22.1. The van der Waals surface area contributed by atoms with Gasteiger partial charge < -0.3 is 46.5 Å². The SMILES string of the molecule is CC(C)(C)OC(=O)N[C@@H](Cc1ccccc1)C(=O)Nc1ccc2n(c1=O)[C@H](C(=O)NCC(=O)N[C@@H](Cc1ccccc1)C(=O)Nc1ccc3n(c1=O)[C@H](C(=O)NCC(=O)[O-])CS3)CS2.[Li+]. The van der Waals surface area contributed by atoms with Crippen molar-refractivity contribution >= 4 is 76.5 Å². The monoisotopic (exact) mass is 920 g/mol. The van der Waals surface area contributed by atoms with Gasteiger partial charge in [-0.25, -0.2) is 4.79 Å². The van der Waals surface area contributed by atoms with Gasteiger partial charge in [0.05, 0.1) is 29.1 Å². The largest absolute Gasteiger partial charge is 1.00 e. The number of pyridine rings is 2. The molecule has 22 heteroatoms. The minimum absolute atomic E-state index is 0. The van der Waals surface area contributed by atoms with Crippen LogP contribution in [0.25, 0.3) is 0 Å². The Bertz CT molecular complexity index is 2570. The number of thioether (sulfide) groups is 2. The summed E-state index contributed by atoms with van der Waals surface area (Å²) in [6.07, 6.45) is -0.764. The van der Waals surface area contributed by atoms with E-state index < -0.39 is 95.6 Å². The number of alkyl carbamates (subject to hydrolysis) is 1. The molecule has 0 bridgehead atoms. The van der Waals surface area contributed by atoms with Crippen LogP contribution in [0.5, 0.6) is 0 Å². The third kappa shape index (κ3) is 13.2. The first-order valence-electron chi connectivity index (χ1n) is 20.0. The molecule has 6 rings (SSSR count). The van der Waals surface area contributed by atoms with Gasteiger partial charge in [0.2, 0.25) is 29.5 Å². The molecule has 4 heterocycles. The summed E-state index contributed by atoms with van der Waals surface area (Å²) in [6, 6.07) is 19.0. The number of amides is 6. The van der Waals surface area contributed by atoms with Crippen LogP contribution < -0.4 is 67.0 Å². The fourth-order valence-corrected chi connectivity index (χ4v) is 9.05. The quantitative estimate of drug-likeness (QED) is 0.0649. The van der Waals surface area contributed by atoms with Crippen molar-refractivity contribution in [3.05, 3.63) is 117 Å². The van der Waals surface area contributed by atoms with E-state index in [0.717, 1.165) is 10.1 Å². The van der Waals surface area contributed by atoms with Gasteiger partial charge in [-0.15, -0.1) is 23.5 Å². The molecule has 4 aromatic rings. The number of carboxylic acid groups (broad SMARTS) is 1. The van der Waals surface area contributed by atoms with Gasteiger partial charge >= 0.3 is 25.0 Å². The Balaban J connectivity index is 0.00000793. The third-order valence-electron chi connectivity index (χ3n) is 9.74. The molecule has 0 fully saturated rings. The van der Waals surface area contributed by atoms with Crippen LogP contribution in [0, 0.1) is 0 Å². The van der Waals surface area contributed by atoms with E-state index in [2.05, 4.69) is 31.9 Å². The summed E-state index contributed by atoms with van der Waals surface area (Å²) < 4.78 is 7.72. The number of hydrogen-bond acceptors (Lipinski definition) is 13. The zero-order valence-electron chi connectivity index (χ0n) is 35.8. The number of carbonyl (C=O) groups excluding carboxylic acids is 7. The normalized spacial score (nSPS) is 15.7. The van der Waals surface area contributed by atoms with E-state index in [1.807, 2.05) is 0 Å². The molecule has 0 aliphatic carbocycles. The van der Waals surface area contributed by atoms with Crippen LogP contribution in [-0.4, -0.2) is 93.0 Å². The molecular weight excluding hydrogens is 876 g/mol. The second-order valence-electron chi connectivity index (χ2n) is 15.7. The molecule has 6 N–H and O–H groups in total. The number of rotatable bonds is 16. The van der Waals surface area contributed by atoms with Gasteiger partial charge in [-0.3, -0.25) is 42.7 Å². The van der Waals surface area contributed by atoms with E-state index in [1.165, 1.54) is 46.3 Å². The summed E-state index contributed by atoms with van der Waals surface area (Å²) in [5.41, 5.74) is -1.21. The van der Waals surface area contributed by atoms with Crippen molar-refractivity contribution < 1.29 is 62.3 Å². The molecule has 336 valence electrons. The van der Waals surface area contributed by atoms with Crippen LogP contribution in [-0.2, 0) is 46.3 Å². The Morgan fingerprint density at radius 3 is 1.52 bits per heavy atom. The van der Waals surface area contributed by atoms with E-state index in [1.54, 1.807) is 87.5 Å². The van der Waals surface area contributed by atoms with Gasteiger partial charge in [0, 0.05) is 24.3 Å². The van der Waals surface area contributed by atoms with E-state index >= 15 is 0 Å². The van der Waals surface area contributed by atoms with Crippen molar-refractivity contribution in [3.8, 4) is 0 Å². The second-order valence-corrected chi connectivity index (χ2v) is 17.7. The number of anilines is 2. The van der Waals surface area contributed by atoms with Crippen LogP contribution in [0.1, 0.15) is 44.0 Å². The van der Waals surface area contributed by atoms with E-state index in [9.17, 15) is 48.3 Å². The van der Waals surface area contributed by atoms with Crippen molar-refractivity contribution in [2.24, 2.45) is 0 Å². The van der Waals surface area contributed by atoms with Gasteiger partial charge in [-0.2, -0.15) is 0 Å². The first-order valence-corrected chi connectivity index (χ1v) is 21.9. The molecule has 65 heavy (non-hydrogen) atoms. The maximum absolute atomic E-state index is 13.8. The van der Waals surface area contributed by atoms with Crippen molar-refractivity contribution in [2.75, 3.05) is 35.2 Å². The minimum atomic E-state index is -1.50. The van der Waals surface area contributed by atoms with Crippen molar-refractivity contribution in [1.82, 2.24) is 30.4 Å². The van der Waals surface area contributed by atoms with Crippen LogP contribution in [0.4, 0.5) is 16.2 Å². The van der Waals surface area contributed by atoms with Crippen molar-refractivity contribution in [3.63, 3.8) is 0 Å². The van der Waals surface area contributed by atoms with Gasteiger partial charge in [0.25, 0.3) is 11.1 Å². The van der Waals surface area contributed by atoms with Crippen LogP contribution in [0.2, 0.25) is 0 Å². The Morgan fingerprint density at radius 2 is 1.09 bits per heavy atom. The average molecular weight is 921 g/mol. The maximum Gasteiger partial charge on any atom is 1.00 e. The van der Waals surface area contributed by atoms with Gasteiger partial charge in [0.15, 0.2) is 0 Å². The smallest absolute Gasteiger partial charge is 0.548 e. The fourth-order valence-electron chi connectivity index (χ4n) is 6.77. The van der Waals surface area contributed by atoms with Crippen LogP contribution >= 0.6 is 23.5 Å². The topological polar surface area (TPSA) is 268 Å². The number of carbonyl (C=O) groups is 7. The molecule has 0 unspecified atom stereocenters. The molecule has 0 saturated heterocycles. The van der Waals surface area contributed by atoms with Crippen LogP contribution in [0.15, 0.2) is 105 Å². The molecular formula is C43H45LiN8O11S2. The van der Waals surface area contributed by atoms with E-state index in [0.29, 0.717) is 15.6 Å². The third-order valence-corrected chi connectivity index (χ3v) is 12.0. The summed E-state index contributed by atoms with van der Waals surface area (Å²) >= 11 is 2.42. The molecule has 4 atom stereocenters. The molecule has 6 amide bonds. The number of nitrogens with one attached hydrogen (secondary N) is 6. The van der Waals surface area contributed by atoms with E-state index in [-0.39, 0.29) is 54.6 Å². The standard InChI is InChI=1S/C43H46N8O11S2.Li/c1-43(2,3)62-42(61)49-29(19-25-12-8-5-9-13-25)37(56)48-27-15-17-33-50(41(27)60)30(22-63-33)38(57)44-20-32(52)46-28(18-24-10-6-4-7-11-24)36(55)47-26-14-16-34-51(40(26)59)31(23-64-34)39(58)45-21-35(53)54;/h4-17,28-31H,18-23H2,1-3H3,(H,44,57)(H,45,58)(H,46,52)(H,47,55)(H,48,56)(H,49,61)(H,53,54);/q;+1/p-1/t28-,29-,30-,31-;/m0./s1. The van der Waals surface area contributed by atoms with Crippen LogP contribution in [0.3, 0.4) is 0 Å². The average Bonchev–Trinajstić information content (AvgIpc) is 3.90. The maximum atomic E-state index is 13.8. The fraction of sp³-hybridized carbons (Fsp3) is 0.326. The Morgan fingerprint density at radius 1 is 0.662 bits per heavy atom. The first kappa shape index (κ1) is 49.7. The summed E-state index contributed by atoms with van der Waals surface area (Å²) in [7, 11) is 0. The Kier molecular flexibility index (Phi) is 16.9. The predicted octanol–water partition coefficient (Wildman–Crippen LogP) is -2.27. The Hall–Kier alpha value is -6.27. The summed E-state index contributed by atoms with van der Waals surface area (Å²) in [5, 5.41) is 26.8. The number of fused-ring (bicyclic) bond motifs is 2. The number of aliphatic carboxylic acids is 1. The van der Waals surface area contributed by atoms with Gasteiger partial charge in [-0.1, -0.05) is 60.7 Å². The molecule has 0 saturated carbocycles. The molecule has 0 radical (unpaired) electrons. The van der Waals surface area contributed by atoms with Gasteiger partial charge in [-0.05, 0) is 56.2 Å². The minimum Gasteiger partial charge on any atom is -0.548 e. The van der Waals surface area contributed by atoms with Crippen molar-refractivity contribution in [1.29, 1.82) is 0 Å². The predicted molar refractivity (Wildman–Crippen MR) is 235 cm³/mol. The summed E-state index contributed by atoms with van der Waals surface area (Å²) in [5.74, 6) is -4.88. The molecule has 2 aliphatic heterocycles. The van der Waals surface area contributed by atoms with Crippen molar-refractivity contribution in [2.45, 2.75) is 73.4 Å². The molecule has 0 spiro atoms. The number of carboxylic acids is 1. The number of nitrogens with zero attached hydrogens (tertiary/aromatic N) is 2.